The van der Waals surface area contributed by atoms with Crippen molar-refractivity contribution < 1.29 is 4.39 Å². The molecule has 3 heteroatoms. The lowest BCUT2D eigenvalue weighted by Gasteiger charge is -2.21. The number of rotatable bonds is 1. The third-order valence-corrected chi connectivity index (χ3v) is 3.03. The summed E-state index contributed by atoms with van der Waals surface area (Å²) in [7, 11) is 1.93. The number of benzene rings is 1. The van der Waals surface area contributed by atoms with Crippen molar-refractivity contribution in [3.8, 4) is 0 Å². The molecular weight excluding hydrogens is 203 g/mol. The third kappa shape index (κ3) is 1.52. The highest BCUT2D eigenvalue weighted by atomic mass is 19.1. The molecule has 2 aromatic rings. The second-order valence-corrected chi connectivity index (χ2v) is 4.92. The number of nitrogens with zero attached hydrogens (tertiary/aromatic N) is 1. The number of aromatic nitrogens is 1. The summed E-state index contributed by atoms with van der Waals surface area (Å²) in [4.78, 5) is 0. The van der Waals surface area contributed by atoms with Crippen LogP contribution < -0.4 is 5.73 Å². The Morgan fingerprint density at radius 2 is 1.94 bits per heavy atom. The molecule has 2 nitrogen and oxygen atoms in total. The molecule has 0 spiro atoms. The predicted octanol–water partition coefficient (Wildman–Crippen LogP) is 2.82. The molecule has 1 aromatic carbocycles. The fourth-order valence-electron chi connectivity index (χ4n) is 2.51. The van der Waals surface area contributed by atoms with Gasteiger partial charge < -0.3 is 10.3 Å². The van der Waals surface area contributed by atoms with Gasteiger partial charge in [0.2, 0.25) is 0 Å². The zero-order chi connectivity index (χ0) is 12.1. The van der Waals surface area contributed by atoms with E-state index in [9.17, 15) is 4.39 Å². The topological polar surface area (TPSA) is 30.9 Å². The Labute approximate surface area is 94.9 Å². The summed E-state index contributed by atoms with van der Waals surface area (Å²) in [6, 6.07) is 4.86. The molecule has 0 atom stereocenters. The lowest BCUT2D eigenvalue weighted by atomic mass is 9.98. The van der Waals surface area contributed by atoms with Gasteiger partial charge in [0.25, 0.3) is 0 Å². The van der Waals surface area contributed by atoms with Crippen LogP contribution >= 0.6 is 0 Å². The SMILES string of the molecule is Cc1c(C(C)(C)N)n(C)c2cc(F)ccc12. The summed E-state index contributed by atoms with van der Waals surface area (Å²) in [6.07, 6.45) is 0. The second-order valence-electron chi connectivity index (χ2n) is 4.92. The minimum Gasteiger partial charge on any atom is -0.346 e. The van der Waals surface area contributed by atoms with Gasteiger partial charge in [-0.25, -0.2) is 4.39 Å². The van der Waals surface area contributed by atoms with E-state index < -0.39 is 5.54 Å². The van der Waals surface area contributed by atoms with E-state index in [2.05, 4.69) is 0 Å². The number of hydrogen-bond acceptors (Lipinski definition) is 1. The highest BCUT2D eigenvalue weighted by Crippen LogP contribution is 2.30. The summed E-state index contributed by atoms with van der Waals surface area (Å²) in [6.45, 7) is 5.96. The fourth-order valence-corrected chi connectivity index (χ4v) is 2.51. The van der Waals surface area contributed by atoms with Crippen LogP contribution in [0.3, 0.4) is 0 Å². The standard InChI is InChI=1S/C13H17FN2/c1-8-10-6-5-9(14)7-11(10)16(4)12(8)13(2,3)15/h5-7H,15H2,1-4H3. The van der Waals surface area contributed by atoms with Crippen LogP contribution in [0.15, 0.2) is 18.2 Å². The highest BCUT2D eigenvalue weighted by molar-refractivity contribution is 5.85. The summed E-state index contributed by atoms with van der Waals surface area (Å²) in [5.74, 6) is -0.213. The molecule has 0 radical (unpaired) electrons. The quantitative estimate of drug-likeness (QED) is 0.787. The first-order chi connectivity index (χ1) is 7.32. The van der Waals surface area contributed by atoms with Crippen LogP contribution in [0.1, 0.15) is 25.1 Å². The maximum Gasteiger partial charge on any atom is 0.125 e. The van der Waals surface area contributed by atoms with Crippen molar-refractivity contribution in [2.24, 2.45) is 12.8 Å². The van der Waals surface area contributed by atoms with Gasteiger partial charge in [-0.1, -0.05) is 0 Å². The van der Waals surface area contributed by atoms with Crippen molar-refractivity contribution in [1.82, 2.24) is 4.57 Å². The van der Waals surface area contributed by atoms with E-state index >= 15 is 0 Å². The van der Waals surface area contributed by atoms with Crippen LogP contribution in [-0.4, -0.2) is 4.57 Å². The smallest absolute Gasteiger partial charge is 0.125 e. The minimum absolute atomic E-state index is 0.213. The Morgan fingerprint density at radius 3 is 2.50 bits per heavy atom. The van der Waals surface area contributed by atoms with Crippen LogP contribution in [0.4, 0.5) is 4.39 Å². The molecule has 1 heterocycles. The Morgan fingerprint density at radius 1 is 1.31 bits per heavy atom. The van der Waals surface area contributed by atoms with Crippen molar-refractivity contribution in [2.45, 2.75) is 26.3 Å². The normalized spacial score (nSPS) is 12.4. The maximum atomic E-state index is 13.2. The number of hydrogen-bond donors (Lipinski definition) is 1. The summed E-state index contributed by atoms with van der Waals surface area (Å²) in [5, 5.41) is 1.07. The molecule has 0 fully saturated rings. The molecule has 1 aromatic heterocycles. The Balaban J connectivity index is 2.87. The van der Waals surface area contributed by atoms with Crippen molar-refractivity contribution in [1.29, 1.82) is 0 Å². The average molecular weight is 220 g/mol. The molecule has 0 bridgehead atoms. The zero-order valence-corrected chi connectivity index (χ0v) is 10.1. The molecule has 2 rings (SSSR count). The fraction of sp³-hybridized carbons (Fsp3) is 0.385. The highest BCUT2D eigenvalue weighted by Gasteiger charge is 2.23. The molecule has 0 aliphatic carbocycles. The summed E-state index contributed by atoms with van der Waals surface area (Å²) in [5.41, 5.74) is 8.80. The summed E-state index contributed by atoms with van der Waals surface area (Å²) >= 11 is 0. The lowest BCUT2D eigenvalue weighted by molar-refractivity contribution is 0.513. The lowest BCUT2D eigenvalue weighted by Crippen LogP contribution is -2.31. The van der Waals surface area contributed by atoms with Crippen LogP contribution in [0.2, 0.25) is 0 Å². The number of nitrogens with two attached hydrogens (primary N) is 1. The van der Waals surface area contributed by atoms with Gasteiger partial charge in [0.1, 0.15) is 5.82 Å². The zero-order valence-electron chi connectivity index (χ0n) is 10.1. The van der Waals surface area contributed by atoms with Gasteiger partial charge in [-0.2, -0.15) is 0 Å². The van der Waals surface area contributed by atoms with Gasteiger partial charge in [-0.3, -0.25) is 0 Å². The first-order valence-corrected chi connectivity index (χ1v) is 5.36. The third-order valence-electron chi connectivity index (χ3n) is 3.03. The molecule has 0 aliphatic heterocycles. The molecule has 0 unspecified atom stereocenters. The Hall–Kier alpha value is -1.35. The van der Waals surface area contributed by atoms with Gasteiger partial charge in [0.15, 0.2) is 0 Å². The van der Waals surface area contributed by atoms with Gasteiger partial charge in [-0.05, 0) is 44.5 Å². The molecule has 0 amide bonds. The van der Waals surface area contributed by atoms with Crippen molar-refractivity contribution >= 4 is 10.9 Å². The average Bonchev–Trinajstić information content (AvgIpc) is 2.38. The van der Waals surface area contributed by atoms with Gasteiger partial charge in [0.05, 0.1) is 11.1 Å². The van der Waals surface area contributed by atoms with E-state index in [4.69, 9.17) is 5.73 Å². The van der Waals surface area contributed by atoms with Gasteiger partial charge >= 0.3 is 0 Å². The van der Waals surface area contributed by atoms with E-state index in [1.165, 1.54) is 6.07 Å². The Kier molecular flexibility index (Phi) is 2.31. The van der Waals surface area contributed by atoms with E-state index in [-0.39, 0.29) is 5.82 Å². The van der Waals surface area contributed by atoms with E-state index in [0.29, 0.717) is 0 Å². The van der Waals surface area contributed by atoms with E-state index in [1.54, 1.807) is 6.07 Å². The molecule has 86 valence electrons. The van der Waals surface area contributed by atoms with Crippen LogP contribution in [0.25, 0.3) is 10.9 Å². The van der Waals surface area contributed by atoms with Crippen LogP contribution in [0, 0.1) is 12.7 Å². The molecule has 0 saturated heterocycles. The van der Waals surface area contributed by atoms with Crippen molar-refractivity contribution in [3.63, 3.8) is 0 Å². The molecule has 2 N–H and O–H groups in total. The largest absolute Gasteiger partial charge is 0.346 e. The Bertz CT molecular complexity index is 547. The molecule has 0 saturated carbocycles. The summed E-state index contributed by atoms with van der Waals surface area (Å²) < 4.78 is 15.2. The van der Waals surface area contributed by atoms with Gasteiger partial charge in [0, 0.05) is 18.1 Å². The number of halogens is 1. The number of aryl methyl sites for hydroxylation is 2. The molecule has 16 heavy (non-hydrogen) atoms. The van der Waals surface area contributed by atoms with Crippen LogP contribution in [-0.2, 0) is 12.6 Å². The minimum atomic E-state index is -0.422. The monoisotopic (exact) mass is 220 g/mol. The van der Waals surface area contributed by atoms with Crippen LogP contribution in [0.5, 0.6) is 0 Å². The second kappa shape index (κ2) is 3.32. The maximum absolute atomic E-state index is 13.2. The van der Waals surface area contributed by atoms with Crippen molar-refractivity contribution in [3.05, 3.63) is 35.3 Å². The molecule has 0 aliphatic rings. The van der Waals surface area contributed by atoms with E-state index in [0.717, 1.165) is 22.2 Å². The van der Waals surface area contributed by atoms with Gasteiger partial charge in [-0.15, -0.1) is 0 Å². The van der Waals surface area contributed by atoms with E-state index in [1.807, 2.05) is 38.5 Å². The van der Waals surface area contributed by atoms with Crippen molar-refractivity contribution in [2.75, 3.05) is 0 Å². The first-order valence-electron chi connectivity index (χ1n) is 5.36. The predicted molar refractivity (Wildman–Crippen MR) is 64.8 cm³/mol. The first kappa shape index (κ1) is 11.1. The number of fused-ring (bicyclic) bond motifs is 1. The molecular formula is C13H17FN2.